The van der Waals surface area contributed by atoms with Gasteiger partial charge in [0.1, 0.15) is 11.9 Å². The number of halogens is 1. The maximum atomic E-state index is 13.8. The van der Waals surface area contributed by atoms with Gasteiger partial charge >= 0.3 is 0 Å². The molecule has 0 saturated carbocycles. The zero-order valence-electron chi connectivity index (χ0n) is 15.9. The second-order valence-corrected chi connectivity index (χ2v) is 9.17. The predicted octanol–water partition coefficient (Wildman–Crippen LogP) is 2.97. The number of sulfonamides is 1. The monoisotopic (exact) mass is 424 g/mol. The molecule has 0 radical (unpaired) electrons. The lowest BCUT2D eigenvalue weighted by Crippen LogP contribution is -2.49. The van der Waals surface area contributed by atoms with Crippen LogP contribution in [-0.4, -0.2) is 38.4 Å². The van der Waals surface area contributed by atoms with Crippen molar-refractivity contribution >= 4 is 27.7 Å². The highest BCUT2D eigenvalue weighted by Crippen LogP contribution is 2.12. The largest absolute Gasteiger partial charge is 0.352 e. The summed E-state index contributed by atoms with van der Waals surface area (Å²) in [4.78, 5) is 12.8. The minimum atomic E-state index is -3.82. The zero-order chi connectivity index (χ0) is 20.6. The highest BCUT2D eigenvalue weighted by Gasteiger charge is 2.26. The molecule has 2 aromatic carbocycles. The normalized spacial score (nSPS) is 13.7. The number of thioether (sulfide) groups is 1. The minimum Gasteiger partial charge on any atom is -0.352 e. The fourth-order valence-corrected chi connectivity index (χ4v) is 4.44. The summed E-state index contributed by atoms with van der Waals surface area (Å²) < 4.78 is 41.5. The summed E-state index contributed by atoms with van der Waals surface area (Å²) in [6, 6.07) is 13.1. The van der Waals surface area contributed by atoms with Crippen molar-refractivity contribution in [1.29, 1.82) is 0 Å². The number of carbonyl (C=O) groups is 1. The molecule has 0 aliphatic heterocycles. The topological polar surface area (TPSA) is 75.3 Å². The van der Waals surface area contributed by atoms with Crippen LogP contribution < -0.4 is 10.0 Å². The molecule has 2 unspecified atom stereocenters. The van der Waals surface area contributed by atoms with Gasteiger partial charge in [0.15, 0.2) is 0 Å². The van der Waals surface area contributed by atoms with Crippen molar-refractivity contribution in [2.45, 2.75) is 36.7 Å². The average Bonchev–Trinajstić information content (AvgIpc) is 2.67. The van der Waals surface area contributed by atoms with E-state index in [1.54, 1.807) is 43.3 Å². The van der Waals surface area contributed by atoms with Crippen molar-refractivity contribution in [3.8, 4) is 0 Å². The van der Waals surface area contributed by atoms with Gasteiger partial charge < -0.3 is 5.32 Å². The molecule has 152 valence electrons. The molecule has 0 heterocycles. The summed E-state index contributed by atoms with van der Waals surface area (Å²) >= 11 is 1.53. The minimum absolute atomic E-state index is 0.108. The van der Waals surface area contributed by atoms with Crippen molar-refractivity contribution in [2.24, 2.45) is 0 Å². The lowest BCUT2D eigenvalue weighted by Gasteiger charge is -2.21. The third-order valence-corrected chi connectivity index (χ3v) is 6.28. The van der Waals surface area contributed by atoms with E-state index in [9.17, 15) is 17.6 Å². The van der Waals surface area contributed by atoms with E-state index in [2.05, 4.69) is 10.0 Å². The molecule has 2 atom stereocenters. The molecule has 1 amide bonds. The number of benzene rings is 2. The van der Waals surface area contributed by atoms with Gasteiger partial charge in [-0.3, -0.25) is 4.79 Å². The molecule has 0 fully saturated rings. The van der Waals surface area contributed by atoms with E-state index < -0.39 is 22.0 Å². The standard InChI is InChI=1S/C20H25FN2O3S2/c1-15(14-16-8-6-7-11-18(16)21)22-20(24)19(12-13-27-2)23-28(25,26)17-9-4-3-5-10-17/h3-11,15,19,23H,12-14H2,1-2H3,(H,22,24). The predicted molar refractivity (Wildman–Crippen MR) is 111 cm³/mol. The summed E-state index contributed by atoms with van der Waals surface area (Å²) in [7, 11) is -3.82. The highest BCUT2D eigenvalue weighted by atomic mass is 32.2. The summed E-state index contributed by atoms with van der Waals surface area (Å²) in [5.74, 6) is -0.124. The fraction of sp³-hybridized carbons (Fsp3) is 0.350. The van der Waals surface area contributed by atoms with Crippen molar-refractivity contribution in [3.05, 3.63) is 66.0 Å². The van der Waals surface area contributed by atoms with Crippen molar-refractivity contribution in [1.82, 2.24) is 10.0 Å². The fourth-order valence-electron chi connectivity index (χ4n) is 2.72. The van der Waals surface area contributed by atoms with Crippen LogP contribution in [0.3, 0.4) is 0 Å². The Balaban J connectivity index is 2.07. The molecule has 2 rings (SSSR count). The van der Waals surface area contributed by atoms with Gasteiger partial charge in [0, 0.05) is 6.04 Å². The van der Waals surface area contributed by atoms with Crippen LogP contribution >= 0.6 is 11.8 Å². The lowest BCUT2D eigenvalue weighted by atomic mass is 10.1. The number of hydrogen-bond acceptors (Lipinski definition) is 4. The van der Waals surface area contributed by atoms with Crippen LogP contribution in [0.2, 0.25) is 0 Å². The molecule has 0 spiro atoms. The molecule has 5 nitrogen and oxygen atoms in total. The smallest absolute Gasteiger partial charge is 0.241 e. The highest BCUT2D eigenvalue weighted by molar-refractivity contribution is 7.98. The lowest BCUT2D eigenvalue weighted by molar-refractivity contribution is -0.123. The first-order valence-electron chi connectivity index (χ1n) is 8.93. The van der Waals surface area contributed by atoms with Crippen LogP contribution in [0, 0.1) is 5.82 Å². The molecule has 8 heteroatoms. The maximum absolute atomic E-state index is 13.8. The first-order valence-corrected chi connectivity index (χ1v) is 11.8. The molecular formula is C20H25FN2O3S2. The molecule has 2 aromatic rings. The number of nitrogens with one attached hydrogen (secondary N) is 2. The van der Waals surface area contributed by atoms with E-state index >= 15 is 0 Å². The Bertz CT molecular complexity index is 876. The zero-order valence-corrected chi connectivity index (χ0v) is 17.5. The maximum Gasteiger partial charge on any atom is 0.241 e. The first kappa shape index (κ1) is 22.4. The summed E-state index contributed by atoms with van der Waals surface area (Å²) in [5, 5.41) is 2.80. The van der Waals surface area contributed by atoms with E-state index in [1.807, 2.05) is 6.26 Å². The Morgan fingerprint density at radius 3 is 2.39 bits per heavy atom. The molecule has 0 saturated heterocycles. The molecule has 0 bridgehead atoms. The number of carbonyl (C=O) groups excluding carboxylic acids is 1. The van der Waals surface area contributed by atoms with Crippen molar-refractivity contribution < 1.29 is 17.6 Å². The van der Waals surface area contributed by atoms with E-state index in [4.69, 9.17) is 0 Å². The van der Waals surface area contributed by atoms with Gasteiger partial charge in [-0.2, -0.15) is 16.5 Å². The van der Waals surface area contributed by atoms with Crippen LogP contribution in [-0.2, 0) is 21.2 Å². The van der Waals surface area contributed by atoms with Gasteiger partial charge in [-0.05, 0) is 55.5 Å². The molecule has 2 N–H and O–H groups in total. The second kappa shape index (κ2) is 10.6. The Morgan fingerprint density at radius 2 is 1.75 bits per heavy atom. The Morgan fingerprint density at radius 1 is 1.11 bits per heavy atom. The SMILES string of the molecule is CSCCC(NS(=O)(=O)c1ccccc1)C(=O)NC(C)Cc1ccccc1F. The Labute approximate surface area is 170 Å². The van der Waals surface area contributed by atoms with E-state index in [0.29, 0.717) is 24.2 Å². The summed E-state index contributed by atoms with van der Waals surface area (Å²) in [5.41, 5.74) is 0.501. The van der Waals surface area contributed by atoms with E-state index in [-0.39, 0.29) is 16.8 Å². The molecule has 0 aromatic heterocycles. The number of amides is 1. The van der Waals surface area contributed by atoms with Gasteiger partial charge in [-0.15, -0.1) is 0 Å². The van der Waals surface area contributed by atoms with Crippen LogP contribution in [0.1, 0.15) is 18.9 Å². The quantitative estimate of drug-likeness (QED) is 0.615. The molecule has 28 heavy (non-hydrogen) atoms. The first-order chi connectivity index (χ1) is 13.3. The van der Waals surface area contributed by atoms with Crippen LogP contribution in [0.5, 0.6) is 0 Å². The van der Waals surface area contributed by atoms with Gasteiger partial charge in [0.05, 0.1) is 4.90 Å². The van der Waals surface area contributed by atoms with E-state index in [1.165, 1.54) is 30.0 Å². The van der Waals surface area contributed by atoms with Crippen LogP contribution in [0.15, 0.2) is 59.5 Å². The van der Waals surface area contributed by atoms with Crippen LogP contribution in [0.4, 0.5) is 4.39 Å². The van der Waals surface area contributed by atoms with Crippen molar-refractivity contribution in [2.75, 3.05) is 12.0 Å². The molecular weight excluding hydrogens is 399 g/mol. The third-order valence-electron chi connectivity index (χ3n) is 4.15. The summed E-state index contributed by atoms with van der Waals surface area (Å²) in [6.07, 6.45) is 2.56. The number of hydrogen-bond donors (Lipinski definition) is 2. The average molecular weight is 425 g/mol. The number of rotatable bonds is 10. The molecule has 0 aliphatic carbocycles. The van der Waals surface area contributed by atoms with Gasteiger partial charge in [-0.1, -0.05) is 36.4 Å². The van der Waals surface area contributed by atoms with Gasteiger partial charge in [0.2, 0.25) is 15.9 Å². The van der Waals surface area contributed by atoms with Gasteiger partial charge in [0.25, 0.3) is 0 Å². The molecule has 0 aliphatic rings. The van der Waals surface area contributed by atoms with Gasteiger partial charge in [-0.25, -0.2) is 12.8 Å². The Kier molecular flexibility index (Phi) is 8.47. The van der Waals surface area contributed by atoms with Crippen molar-refractivity contribution in [3.63, 3.8) is 0 Å². The van der Waals surface area contributed by atoms with Crippen LogP contribution in [0.25, 0.3) is 0 Å². The second-order valence-electron chi connectivity index (χ2n) is 6.47. The third kappa shape index (κ3) is 6.61. The Hall–Kier alpha value is -1.90. The summed E-state index contributed by atoms with van der Waals surface area (Å²) in [6.45, 7) is 1.77. The van der Waals surface area contributed by atoms with E-state index in [0.717, 1.165) is 0 Å².